The van der Waals surface area contributed by atoms with E-state index < -0.39 is 25.3 Å². The number of anilines is 1. The van der Waals surface area contributed by atoms with Gasteiger partial charge in [-0.25, -0.2) is 25.9 Å². The number of benzene rings is 4. The van der Waals surface area contributed by atoms with Gasteiger partial charge < -0.3 is 23.8 Å². The van der Waals surface area contributed by atoms with Crippen molar-refractivity contribution in [1.82, 2.24) is 24.1 Å². The first-order valence-electron chi connectivity index (χ1n) is 24.4. The number of halogens is 2. The number of fused-ring (bicyclic) bond motifs is 2. The second kappa shape index (κ2) is 20.3. The molecule has 4 unspecified atom stereocenters. The summed E-state index contributed by atoms with van der Waals surface area (Å²) in [5, 5.41) is 0.632. The lowest BCUT2D eigenvalue weighted by molar-refractivity contribution is 0.145. The first-order valence-corrected chi connectivity index (χ1v) is 28.1. The molecule has 1 aromatic heterocycles. The van der Waals surface area contributed by atoms with Gasteiger partial charge in [0, 0.05) is 42.9 Å². The summed E-state index contributed by atoms with van der Waals surface area (Å²) in [6.45, 7) is 6.80. The van der Waals surface area contributed by atoms with E-state index in [9.17, 15) is 16.8 Å². The maximum Gasteiger partial charge on any atom is 0.259 e. The Morgan fingerprint density at radius 1 is 0.706 bits per heavy atom. The first-order chi connectivity index (χ1) is 32.9. The van der Waals surface area contributed by atoms with Gasteiger partial charge in [0.25, 0.3) is 10.0 Å². The number of imidazole rings is 1. The van der Waals surface area contributed by atoms with Gasteiger partial charge in [0.05, 0.1) is 11.8 Å². The van der Waals surface area contributed by atoms with E-state index in [0.717, 1.165) is 81.4 Å². The fraction of sp³-hybridized carbons (Fsp3) is 0.481. The molecule has 68 heavy (non-hydrogen) atoms. The Hall–Kier alpha value is -4.15. The number of sulfonamides is 2. The van der Waals surface area contributed by atoms with Gasteiger partial charge in [-0.15, -0.1) is 0 Å². The summed E-state index contributed by atoms with van der Waals surface area (Å²) in [5.74, 6) is 2.94. The topological polar surface area (TPSA) is 126 Å². The summed E-state index contributed by atoms with van der Waals surface area (Å²) < 4.78 is 73.6. The van der Waals surface area contributed by atoms with Crippen molar-refractivity contribution < 1.29 is 26.3 Å². The number of hydrogen-bond donors (Lipinski definition) is 1. The van der Waals surface area contributed by atoms with Gasteiger partial charge in [0.2, 0.25) is 16.0 Å². The number of nitrogens with zero attached hydrogens (tertiary/aromatic N) is 5. The number of likely N-dealkylation sites (tertiary alicyclic amines) is 2. The standard InChI is InChI=1S/C52H62Cl2N6O6S2/c1-57-35-51(67(61,62)55-17-23-65-44-15-13-38-29-40(33-58-18-5-19-58)47(49(38)31-44)27-36-7-2-9-42(53)25-36)56-52(57)60(68(63,64)46-11-4-12-46)22-24-66-45-16-14-39-30-41(34-59-20-6-21-59)48(50(39)32-45)28-37-8-3-10-43(54)26-37/h2-3,7-10,13-16,25-26,31-32,35,40-41,46-48,55H,4-6,11-12,17-24,27-30,33-34H2,1H3. The highest BCUT2D eigenvalue weighted by Gasteiger charge is 2.40. The molecule has 0 bridgehead atoms. The maximum absolute atomic E-state index is 14.2. The van der Waals surface area contributed by atoms with Crippen LogP contribution in [0.5, 0.6) is 11.5 Å². The minimum atomic E-state index is -4.13. The zero-order valence-electron chi connectivity index (χ0n) is 38.7. The third-order valence-corrected chi connectivity index (χ3v) is 19.1. The maximum atomic E-state index is 14.2. The van der Waals surface area contributed by atoms with Gasteiger partial charge in [-0.2, -0.15) is 4.98 Å². The van der Waals surface area contributed by atoms with E-state index in [1.165, 1.54) is 61.3 Å². The molecule has 362 valence electrons. The van der Waals surface area contributed by atoms with Crippen molar-refractivity contribution >= 4 is 49.2 Å². The van der Waals surface area contributed by atoms with Crippen LogP contribution in [0.2, 0.25) is 10.0 Å². The molecular formula is C52H62Cl2N6O6S2. The molecule has 3 heterocycles. The van der Waals surface area contributed by atoms with E-state index in [-0.39, 0.29) is 37.3 Å². The van der Waals surface area contributed by atoms with Crippen LogP contribution >= 0.6 is 23.2 Å². The second-order valence-corrected chi connectivity index (χ2v) is 24.3. The number of hydrogen-bond acceptors (Lipinski definition) is 9. The normalized spacial score (nSPS) is 21.7. The number of nitrogens with one attached hydrogen (secondary N) is 1. The van der Waals surface area contributed by atoms with Crippen LogP contribution < -0.4 is 18.5 Å². The minimum absolute atomic E-state index is 0.00743. The van der Waals surface area contributed by atoms with Crippen molar-refractivity contribution in [2.75, 3.05) is 69.9 Å². The average molecular weight is 1000 g/mol. The van der Waals surface area contributed by atoms with Crippen LogP contribution in [-0.4, -0.2) is 107 Å². The SMILES string of the molecule is Cn1cc(S(=O)(=O)NCCOc2ccc3c(c2)C(Cc2cccc(Cl)c2)C(CN2CCC2)C3)nc1N(CCOc1ccc2c(c1)C(Cc1cccc(Cl)c1)C(CN1CCC1)C2)S(=O)(=O)C1CCC1. The summed E-state index contributed by atoms with van der Waals surface area (Å²) in [7, 11) is -6.39. The van der Waals surface area contributed by atoms with Crippen LogP contribution in [0.3, 0.4) is 0 Å². The highest BCUT2D eigenvalue weighted by Crippen LogP contribution is 2.44. The fourth-order valence-corrected chi connectivity index (χ4v) is 14.4. The average Bonchev–Trinajstić information content (AvgIpc) is 3.92. The van der Waals surface area contributed by atoms with Gasteiger partial charge in [-0.3, -0.25) is 0 Å². The van der Waals surface area contributed by atoms with Crippen molar-refractivity contribution in [1.29, 1.82) is 0 Å². The van der Waals surface area contributed by atoms with Crippen molar-refractivity contribution in [3.8, 4) is 11.5 Å². The third-order valence-electron chi connectivity index (χ3n) is 15.0. The van der Waals surface area contributed by atoms with Crippen LogP contribution in [0.4, 0.5) is 5.95 Å². The Morgan fingerprint density at radius 3 is 1.74 bits per heavy atom. The molecule has 0 amide bonds. The monoisotopic (exact) mass is 1000 g/mol. The van der Waals surface area contributed by atoms with Crippen LogP contribution in [0, 0.1) is 11.8 Å². The van der Waals surface area contributed by atoms with Crippen LogP contribution in [0.25, 0.3) is 0 Å². The second-order valence-electron chi connectivity index (χ2n) is 19.6. The Labute approximate surface area is 412 Å². The number of rotatable bonds is 21. The predicted octanol–water partition coefficient (Wildman–Crippen LogP) is 8.26. The molecule has 12 nitrogen and oxygen atoms in total. The van der Waals surface area contributed by atoms with Crippen molar-refractivity contribution in [3.63, 3.8) is 0 Å². The minimum Gasteiger partial charge on any atom is -0.492 e. The highest BCUT2D eigenvalue weighted by molar-refractivity contribution is 7.93. The van der Waals surface area contributed by atoms with Crippen molar-refractivity contribution in [2.24, 2.45) is 18.9 Å². The van der Waals surface area contributed by atoms with Crippen molar-refractivity contribution in [2.45, 2.75) is 79.9 Å². The van der Waals surface area contributed by atoms with E-state index in [0.29, 0.717) is 48.0 Å². The Kier molecular flexibility index (Phi) is 14.2. The van der Waals surface area contributed by atoms with E-state index in [1.54, 1.807) is 7.05 Å². The zero-order chi connectivity index (χ0) is 47.0. The summed E-state index contributed by atoms with van der Waals surface area (Å²) >= 11 is 12.8. The van der Waals surface area contributed by atoms with Crippen LogP contribution in [0.1, 0.15) is 77.3 Å². The third kappa shape index (κ3) is 10.5. The van der Waals surface area contributed by atoms with Gasteiger partial charge >= 0.3 is 0 Å². The molecule has 3 fully saturated rings. The Balaban J connectivity index is 0.791. The lowest BCUT2D eigenvalue weighted by Crippen LogP contribution is -2.45. The van der Waals surface area contributed by atoms with E-state index in [4.69, 9.17) is 32.7 Å². The largest absolute Gasteiger partial charge is 0.492 e. The van der Waals surface area contributed by atoms with Crippen LogP contribution in [0.15, 0.2) is 96.2 Å². The molecule has 10 rings (SSSR count). The Morgan fingerprint density at radius 2 is 1.25 bits per heavy atom. The van der Waals surface area contributed by atoms with Gasteiger partial charge in [0.15, 0.2) is 5.03 Å². The lowest BCUT2D eigenvalue weighted by atomic mass is 9.86. The molecule has 2 saturated heterocycles. The first kappa shape index (κ1) is 47.5. The molecule has 16 heteroatoms. The molecule has 2 aliphatic heterocycles. The molecule has 4 aromatic carbocycles. The quantitative estimate of drug-likeness (QED) is 0.0724. The summed E-state index contributed by atoms with van der Waals surface area (Å²) in [5.41, 5.74) is 7.60. The van der Waals surface area contributed by atoms with Gasteiger partial charge in [-0.05, 0) is 183 Å². The molecule has 4 atom stereocenters. The number of aryl methyl sites for hydroxylation is 1. The molecule has 3 aliphatic carbocycles. The summed E-state index contributed by atoms with van der Waals surface area (Å²) in [4.78, 5) is 9.53. The fourth-order valence-electron chi connectivity index (χ4n) is 11.0. The molecule has 5 aromatic rings. The smallest absolute Gasteiger partial charge is 0.259 e. The van der Waals surface area contributed by atoms with Crippen molar-refractivity contribution in [3.05, 3.63) is 135 Å². The zero-order valence-corrected chi connectivity index (χ0v) is 41.9. The van der Waals surface area contributed by atoms with Gasteiger partial charge in [0.1, 0.15) is 24.7 Å². The van der Waals surface area contributed by atoms with E-state index in [1.807, 2.05) is 36.4 Å². The molecule has 0 radical (unpaired) electrons. The summed E-state index contributed by atoms with van der Waals surface area (Å²) in [6, 6.07) is 28.7. The summed E-state index contributed by atoms with van der Waals surface area (Å²) in [6.07, 6.45) is 9.52. The molecule has 0 spiro atoms. The molecule has 1 N–H and O–H groups in total. The molecular weight excluding hydrogens is 940 g/mol. The number of ether oxygens (including phenoxy) is 2. The highest BCUT2D eigenvalue weighted by atomic mass is 35.5. The molecule has 1 saturated carbocycles. The van der Waals surface area contributed by atoms with E-state index >= 15 is 0 Å². The lowest BCUT2D eigenvalue weighted by Gasteiger charge is -2.35. The molecule has 5 aliphatic rings. The van der Waals surface area contributed by atoms with Crippen LogP contribution in [-0.2, 0) is 52.8 Å². The Bertz CT molecular complexity index is 2830. The van der Waals surface area contributed by atoms with E-state index in [2.05, 4.69) is 68.0 Å². The number of aromatic nitrogens is 2. The van der Waals surface area contributed by atoms with Gasteiger partial charge in [-0.1, -0.05) is 66.0 Å². The predicted molar refractivity (Wildman–Crippen MR) is 268 cm³/mol.